The lowest BCUT2D eigenvalue weighted by Crippen LogP contribution is -2.25. The lowest BCUT2D eigenvalue weighted by atomic mass is 10.2. The first-order valence-electron chi connectivity index (χ1n) is 6.22. The molecule has 0 unspecified atom stereocenters. The highest BCUT2D eigenvalue weighted by atomic mass is 79.9. The summed E-state index contributed by atoms with van der Waals surface area (Å²) >= 11 is 9.55. The van der Waals surface area contributed by atoms with Gasteiger partial charge in [-0.15, -0.1) is 0 Å². The molecule has 7 heteroatoms. The van der Waals surface area contributed by atoms with Gasteiger partial charge in [0.2, 0.25) is 0 Å². The molecule has 1 aliphatic heterocycles. The molecule has 108 valence electrons. The molecule has 2 aromatic rings. The summed E-state index contributed by atoms with van der Waals surface area (Å²) in [6.07, 6.45) is 1.74. The van der Waals surface area contributed by atoms with Crippen molar-refractivity contribution in [3.05, 3.63) is 45.7 Å². The van der Waals surface area contributed by atoms with E-state index in [2.05, 4.69) is 31.5 Å². The average Bonchev–Trinajstić information content (AvgIpc) is 2.47. The second kappa shape index (κ2) is 5.91. The van der Waals surface area contributed by atoms with Crippen molar-refractivity contribution >= 4 is 44.8 Å². The zero-order valence-electron chi connectivity index (χ0n) is 10.8. The third-order valence-electron chi connectivity index (χ3n) is 2.95. The molecule has 0 atom stereocenters. The highest BCUT2D eigenvalue weighted by Crippen LogP contribution is 2.36. The van der Waals surface area contributed by atoms with Crippen molar-refractivity contribution in [1.82, 2.24) is 4.98 Å². The molecule has 5 nitrogen and oxygen atoms in total. The van der Waals surface area contributed by atoms with Crippen LogP contribution in [0.1, 0.15) is 5.69 Å². The third kappa shape index (κ3) is 3.28. The van der Waals surface area contributed by atoms with Crippen LogP contribution in [0, 0.1) is 0 Å². The number of rotatable bonds is 3. The van der Waals surface area contributed by atoms with E-state index in [0.29, 0.717) is 23.0 Å². The number of halogens is 2. The summed E-state index contributed by atoms with van der Waals surface area (Å²) in [6.45, 7) is 0.556. The zero-order valence-corrected chi connectivity index (χ0v) is 13.2. The van der Waals surface area contributed by atoms with Gasteiger partial charge in [-0.25, -0.2) is 0 Å². The number of carbonyl (C=O) groups excluding carboxylic acids is 1. The maximum atomic E-state index is 11.3. The Morgan fingerprint density at radius 3 is 3.05 bits per heavy atom. The molecule has 0 aliphatic carbocycles. The third-order valence-corrected chi connectivity index (χ3v) is 3.73. The van der Waals surface area contributed by atoms with Crippen LogP contribution in [0.3, 0.4) is 0 Å². The Hall–Kier alpha value is -1.79. The van der Waals surface area contributed by atoms with Crippen LogP contribution >= 0.6 is 27.5 Å². The molecule has 0 saturated carbocycles. The van der Waals surface area contributed by atoms with Crippen molar-refractivity contribution < 1.29 is 9.53 Å². The number of aromatic nitrogens is 1. The first-order chi connectivity index (χ1) is 10.1. The largest absolute Gasteiger partial charge is 0.482 e. The second-order valence-electron chi connectivity index (χ2n) is 4.49. The summed E-state index contributed by atoms with van der Waals surface area (Å²) in [7, 11) is 0. The molecule has 0 radical (unpaired) electrons. The number of hydrogen-bond acceptors (Lipinski definition) is 4. The van der Waals surface area contributed by atoms with E-state index in [9.17, 15) is 4.79 Å². The summed E-state index contributed by atoms with van der Waals surface area (Å²) in [5.74, 6) is 0.420. The normalized spacial score (nSPS) is 13.1. The van der Waals surface area contributed by atoms with Crippen molar-refractivity contribution in [2.24, 2.45) is 0 Å². The summed E-state index contributed by atoms with van der Waals surface area (Å²) in [6, 6.07) is 7.29. The van der Waals surface area contributed by atoms with Crippen molar-refractivity contribution in [2.75, 3.05) is 17.2 Å². The number of anilines is 2. The topological polar surface area (TPSA) is 63.2 Å². The molecule has 0 bridgehead atoms. The van der Waals surface area contributed by atoms with E-state index < -0.39 is 0 Å². The van der Waals surface area contributed by atoms with Crippen molar-refractivity contribution in [3.8, 4) is 5.75 Å². The summed E-state index contributed by atoms with van der Waals surface area (Å²) < 4.78 is 6.30. The fraction of sp³-hybridized carbons (Fsp3) is 0.143. The van der Waals surface area contributed by atoms with Crippen molar-refractivity contribution in [2.45, 2.75) is 6.54 Å². The van der Waals surface area contributed by atoms with Crippen LogP contribution in [0.5, 0.6) is 5.75 Å². The van der Waals surface area contributed by atoms with Crippen molar-refractivity contribution in [3.63, 3.8) is 0 Å². The molecule has 2 N–H and O–H groups in total. The molecule has 0 saturated heterocycles. The molecular formula is C14H11BrClN3O2. The van der Waals surface area contributed by atoms with Crippen molar-refractivity contribution in [1.29, 1.82) is 0 Å². The van der Waals surface area contributed by atoms with E-state index in [1.165, 1.54) is 0 Å². The highest BCUT2D eigenvalue weighted by molar-refractivity contribution is 9.10. The molecule has 1 aromatic carbocycles. The van der Waals surface area contributed by atoms with Gasteiger partial charge in [-0.2, -0.15) is 0 Å². The lowest BCUT2D eigenvalue weighted by Gasteiger charge is -2.20. The van der Waals surface area contributed by atoms with Gasteiger partial charge in [-0.05, 0) is 34.1 Å². The van der Waals surface area contributed by atoms with E-state index in [0.717, 1.165) is 15.9 Å². The van der Waals surface area contributed by atoms with Gasteiger partial charge in [0.15, 0.2) is 6.61 Å². The van der Waals surface area contributed by atoms with Gasteiger partial charge >= 0.3 is 0 Å². The Bertz CT molecular complexity index is 691. The fourth-order valence-corrected chi connectivity index (χ4v) is 2.40. The van der Waals surface area contributed by atoms with Crippen LogP contribution in [0.15, 0.2) is 34.9 Å². The minimum absolute atomic E-state index is 0.0162. The van der Waals surface area contributed by atoms with Gasteiger partial charge in [0.05, 0.1) is 28.6 Å². The molecule has 21 heavy (non-hydrogen) atoms. The Balaban J connectivity index is 1.76. The van der Waals surface area contributed by atoms with Crippen LogP contribution in [0.4, 0.5) is 11.4 Å². The Labute approximate surface area is 134 Å². The van der Waals surface area contributed by atoms with Gasteiger partial charge in [0.25, 0.3) is 5.91 Å². The standard InChI is InChI=1S/C14H11BrClN3O2/c15-8-1-2-9(17-5-8)6-18-11-4-13-12(3-10(11)16)19-14(20)7-21-13/h1-5,18H,6-7H2,(H,19,20). The maximum Gasteiger partial charge on any atom is 0.262 e. The average molecular weight is 369 g/mol. The quantitative estimate of drug-likeness (QED) is 0.871. The molecule has 1 aliphatic rings. The van der Waals surface area contributed by atoms with Crippen LogP contribution < -0.4 is 15.4 Å². The number of carbonyl (C=O) groups is 1. The molecule has 0 fully saturated rings. The number of fused-ring (bicyclic) bond motifs is 1. The minimum atomic E-state index is -0.182. The Kier molecular flexibility index (Phi) is 3.98. The van der Waals surface area contributed by atoms with Crippen LogP contribution in [-0.2, 0) is 11.3 Å². The Morgan fingerprint density at radius 2 is 2.29 bits per heavy atom. The minimum Gasteiger partial charge on any atom is -0.482 e. The molecule has 1 aromatic heterocycles. The van der Waals surface area contributed by atoms with Gasteiger partial charge < -0.3 is 15.4 Å². The van der Waals surface area contributed by atoms with Crippen LogP contribution in [0.2, 0.25) is 5.02 Å². The molecule has 0 spiro atoms. The predicted molar refractivity (Wildman–Crippen MR) is 84.8 cm³/mol. The smallest absolute Gasteiger partial charge is 0.262 e. The highest BCUT2D eigenvalue weighted by Gasteiger charge is 2.18. The number of pyridine rings is 1. The first kappa shape index (κ1) is 14.2. The zero-order chi connectivity index (χ0) is 14.8. The van der Waals surface area contributed by atoms with Gasteiger partial charge in [0.1, 0.15) is 5.75 Å². The van der Waals surface area contributed by atoms with E-state index in [1.54, 1.807) is 18.3 Å². The summed E-state index contributed by atoms with van der Waals surface area (Å²) in [4.78, 5) is 15.5. The Morgan fingerprint density at radius 1 is 1.43 bits per heavy atom. The van der Waals surface area contributed by atoms with E-state index >= 15 is 0 Å². The lowest BCUT2D eigenvalue weighted by molar-refractivity contribution is -0.118. The van der Waals surface area contributed by atoms with E-state index in [-0.39, 0.29) is 12.5 Å². The molecule has 3 rings (SSSR count). The number of ether oxygens (including phenoxy) is 1. The number of amides is 1. The summed E-state index contributed by atoms with van der Waals surface area (Å²) in [5, 5.41) is 6.43. The first-order valence-corrected chi connectivity index (χ1v) is 7.39. The van der Waals surface area contributed by atoms with Crippen LogP contribution in [0.25, 0.3) is 0 Å². The second-order valence-corrected chi connectivity index (χ2v) is 5.81. The monoisotopic (exact) mass is 367 g/mol. The summed E-state index contributed by atoms with van der Waals surface area (Å²) in [5.41, 5.74) is 2.21. The number of hydrogen-bond donors (Lipinski definition) is 2. The number of nitrogens with zero attached hydrogens (tertiary/aromatic N) is 1. The van der Waals surface area contributed by atoms with Crippen LogP contribution in [-0.4, -0.2) is 17.5 Å². The van der Waals surface area contributed by atoms with Gasteiger partial charge in [0, 0.05) is 16.7 Å². The van der Waals surface area contributed by atoms with E-state index in [1.807, 2.05) is 12.1 Å². The molecule has 1 amide bonds. The fourth-order valence-electron chi connectivity index (χ4n) is 1.93. The molecule has 2 heterocycles. The number of benzene rings is 1. The predicted octanol–water partition coefficient (Wildman–Crippen LogP) is 3.44. The number of nitrogens with one attached hydrogen (secondary N) is 2. The maximum absolute atomic E-state index is 11.3. The SMILES string of the molecule is O=C1COc2cc(NCc3ccc(Br)cn3)c(Cl)cc2N1. The van der Waals surface area contributed by atoms with E-state index in [4.69, 9.17) is 16.3 Å². The van der Waals surface area contributed by atoms with Gasteiger partial charge in [-0.1, -0.05) is 11.6 Å². The molecular weight excluding hydrogens is 358 g/mol. The van der Waals surface area contributed by atoms with Gasteiger partial charge in [-0.3, -0.25) is 9.78 Å².